The lowest BCUT2D eigenvalue weighted by Gasteiger charge is -2.28. The van der Waals surface area contributed by atoms with Crippen LogP contribution in [0.25, 0.3) is 0 Å². The second-order valence-electron chi connectivity index (χ2n) is 6.25. The zero-order chi connectivity index (χ0) is 21.7. The van der Waals surface area contributed by atoms with E-state index < -0.39 is 17.7 Å². The van der Waals surface area contributed by atoms with Crippen molar-refractivity contribution in [2.45, 2.75) is 17.7 Å². The van der Waals surface area contributed by atoms with Crippen LogP contribution in [0.5, 0.6) is 0 Å². The highest BCUT2D eigenvalue weighted by Gasteiger charge is 2.38. The molecule has 1 atom stereocenters. The summed E-state index contributed by atoms with van der Waals surface area (Å²) in [5, 5.41) is 10.3. The summed E-state index contributed by atoms with van der Waals surface area (Å²) in [5.41, 5.74) is 6.16. The Morgan fingerprint density at radius 3 is 2.63 bits per heavy atom. The summed E-state index contributed by atoms with van der Waals surface area (Å²) in [5.74, 6) is -1.98. The third-order valence-corrected chi connectivity index (χ3v) is 5.66. The van der Waals surface area contributed by atoms with Crippen molar-refractivity contribution >= 4 is 29.3 Å². The molecule has 3 rings (SSSR count). The molecular weight excluding hydrogens is 427 g/mol. The molecular formula is C22H18ClFN2O3S. The van der Waals surface area contributed by atoms with Crippen LogP contribution >= 0.6 is 23.4 Å². The Labute approximate surface area is 182 Å². The SMILES string of the molecule is CCOC(=O)C1=C(CSc2ccc(Cl)cc2)OC(N)=C(C#N)[C@H]1c1ccccc1F. The number of nitriles is 1. The van der Waals surface area contributed by atoms with Gasteiger partial charge in [0.05, 0.1) is 23.9 Å². The molecule has 2 N–H and O–H groups in total. The molecule has 0 unspecified atom stereocenters. The molecule has 1 aliphatic heterocycles. The van der Waals surface area contributed by atoms with Crippen LogP contribution in [0.1, 0.15) is 18.4 Å². The van der Waals surface area contributed by atoms with E-state index in [0.717, 1.165) is 4.90 Å². The second kappa shape index (κ2) is 9.70. The Morgan fingerprint density at radius 2 is 2.00 bits per heavy atom. The van der Waals surface area contributed by atoms with Crippen molar-refractivity contribution in [3.05, 3.63) is 87.7 Å². The van der Waals surface area contributed by atoms with Gasteiger partial charge in [0.25, 0.3) is 0 Å². The lowest BCUT2D eigenvalue weighted by Crippen LogP contribution is -2.27. The zero-order valence-corrected chi connectivity index (χ0v) is 17.6. The number of esters is 1. The minimum absolute atomic E-state index is 0.0385. The molecule has 0 fully saturated rings. The van der Waals surface area contributed by atoms with Gasteiger partial charge in [0, 0.05) is 15.5 Å². The first-order valence-corrected chi connectivity index (χ1v) is 10.4. The van der Waals surface area contributed by atoms with Gasteiger partial charge < -0.3 is 15.2 Å². The topological polar surface area (TPSA) is 85.3 Å². The first kappa shape index (κ1) is 21.8. The smallest absolute Gasteiger partial charge is 0.338 e. The number of hydrogen-bond acceptors (Lipinski definition) is 6. The molecule has 2 aromatic rings. The minimum Gasteiger partial charge on any atom is -0.463 e. The van der Waals surface area contributed by atoms with Gasteiger partial charge in [-0.15, -0.1) is 11.8 Å². The predicted molar refractivity (Wildman–Crippen MR) is 113 cm³/mol. The molecule has 0 aromatic heterocycles. The van der Waals surface area contributed by atoms with E-state index in [1.54, 1.807) is 25.1 Å². The van der Waals surface area contributed by atoms with Crippen LogP contribution in [0.3, 0.4) is 0 Å². The van der Waals surface area contributed by atoms with E-state index >= 15 is 0 Å². The number of carbonyl (C=O) groups excluding carboxylic acids is 1. The number of thioether (sulfide) groups is 1. The average molecular weight is 445 g/mol. The van der Waals surface area contributed by atoms with Gasteiger partial charge in [-0.3, -0.25) is 0 Å². The molecule has 30 heavy (non-hydrogen) atoms. The normalized spacial score (nSPS) is 16.1. The van der Waals surface area contributed by atoms with E-state index in [1.165, 1.54) is 30.0 Å². The maximum atomic E-state index is 14.6. The molecule has 5 nitrogen and oxygen atoms in total. The average Bonchev–Trinajstić information content (AvgIpc) is 2.73. The Morgan fingerprint density at radius 1 is 1.30 bits per heavy atom. The van der Waals surface area contributed by atoms with E-state index in [-0.39, 0.29) is 40.7 Å². The van der Waals surface area contributed by atoms with Crippen LogP contribution in [-0.2, 0) is 14.3 Å². The van der Waals surface area contributed by atoms with Crippen molar-refractivity contribution in [3.63, 3.8) is 0 Å². The molecule has 8 heteroatoms. The van der Waals surface area contributed by atoms with Crippen LogP contribution < -0.4 is 5.73 Å². The van der Waals surface area contributed by atoms with Crippen molar-refractivity contribution in [1.29, 1.82) is 5.26 Å². The monoisotopic (exact) mass is 444 g/mol. The highest BCUT2D eigenvalue weighted by Crippen LogP contribution is 2.41. The molecule has 0 bridgehead atoms. The third-order valence-electron chi connectivity index (χ3n) is 4.39. The number of nitrogens with two attached hydrogens (primary N) is 1. The van der Waals surface area contributed by atoms with Gasteiger partial charge in [-0.1, -0.05) is 29.8 Å². The Balaban J connectivity index is 2.08. The van der Waals surface area contributed by atoms with Gasteiger partial charge in [-0.05, 0) is 37.3 Å². The molecule has 0 radical (unpaired) electrons. The Kier molecular flexibility index (Phi) is 7.03. The number of halogens is 2. The van der Waals surface area contributed by atoms with E-state index in [9.17, 15) is 14.4 Å². The van der Waals surface area contributed by atoms with Gasteiger partial charge in [-0.25, -0.2) is 9.18 Å². The Hall–Kier alpha value is -2.95. The number of rotatable bonds is 6. The fourth-order valence-corrected chi connectivity index (χ4v) is 4.02. The van der Waals surface area contributed by atoms with Crippen molar-refractivity contribution in [3.8, 4) is 6.07 Å². The standard InChI is InChI=1S/C22H18ClFN2O3S/c1-2-28-22(27)20-18(12-30-14-9-7-13(23)8-10-14)29-21(26)16(11-25)19(20)15-5-3-4-6-17(15)24/h3-10,19H,2,12,26H2,1H3/t19-/m1/s1. The minimum atomic E-state index is -1.02. The van der Waals surface area contributed by atoms with Crippen LogP contribution in [-0.4, -0.2) is 18.3 Å². The summed E-state index contributed by atoms with van der Waals surface area (Å²) in [4.78, 5) is 13.7. The Bertz CT molecular complexity index is 1060. The van der Waals surface area contributed by atoms with E-state index in [0.29, 0.717) is 5.02 Å². The largest absolute Gasteiger partial charge is 0.463 e. The summed E-state index contributed by atoms with van der Waals surface area (Å²) in [7, 11) is 0. The molecule has 0 saturated heterocycles. The summed E-state index contributed by atoms with van der Waals surface area (Å²) in [6.45, 7) is 1.78. The molecule has 1 heterocycles. The van der Waals surface area contributed by atoms with Gasteiger partial charge >= 0.3 is 5.97 Å². The van der Waals surface area contributed by atoms with Gasteiger partial charge in [0.2, 0.25) is 5.88 Å². The van der Waals surface area contributed by atoms with Crippen molar-refractivity contribution in [2.24, 2.45) is 5.73 Å². The van der Waals surface area contributed by atoms with Crippen LogP contribution in [0.15, 0.2) is 76.2 Å². The maximum absolute atomic E-state index is 14.6. The fourth-order valence-electron chi connectivity index (χ4n) is 3.06. The molecule has 0 amide bonds. The molecule has 0 aliphatic carbocycles. The van der Waals surface area contributed by atoms with Crippen LogP contribution in [0, 0.1) is 17.1 Å². The fraction of sp³-hybridized carbons (Fsp3) is 0.182. The van der Waals surface area contributed by atoms with Gasteiger partial charge in [0.15, 0.2) is 0 Å². The first-order valence-electron chi connectivity index (χ1n) is 9.06. The highest BCUT2D eigenvalue weighted by atomic mass is 35.5. The molecule has 0 spiro atoms. The summed E-state index contributed by atoms with van der Waals surface area (Å²) in [6, 6.07) is 15.0. The second-order valence-corrected chi connectivity index (χ2v) is 7.73. The summed E-state index contributed by atoms with van der Waals surface area (Å²) >= 11 is 7.30. The maximum Gasteiger partial charge on any atom is 0.338 e. The summed E-state index contributed by atoms with van der Waals surface area (Å²) in [6.07, 6.45) is 0. The van der Waals surface area contributed by atoms with Crippen molar-refractivity contribution in [2.75, 3.05) is 12.4 Å². The van der Waals surface area contributed by atoms with E-state index in [4.69, 9.17) is 26.8 Å². The molecule has 154 valence electrons. The lowest BCUT2D eigenvalue weighted by molar-refractivity contribution is -0.139. The van der Waals surface area contributed by atoms with Gasteiger partial charge in [-0.2, -0.15) is 5.26 Å². The van der Waals surface area contributed by atoms with E-state index in [2.05, 4.69) is 0 Å². The predicted octanol–water partition coefficient (Wildman–Crippen LogP) is 4.90. The molecule has 0 saturated carbocycles. The molecule has 2 aromatic carbocycles. The third kappa shape index (κ3) is 4.61. The van der Waals surface area contributed by atoms with Crippen molar-refractivity contribution in [1.82, 2.24) is 0 Å². The number of carbonyl (C=O) groups is 1. The quantitative estimate of drug-likeness (QED) is 0.504. The lowest BCUT2D eigenvalue weighted by atomic mass is 9.83. The molecule has 1 aliphatic rings. The first-order chi connectivity index (χ1) is 14.5. The number of benzene rings is 2. The van der Waals surface area contributed by atoms with Crippen LogP contribution in [0.2, 0.25) is 5.02 Å². The highest BCUT2D eigenvalue weighted by molar-refractivity contribution is 7.99. The summed E-state index contributed by atoms with van der Waals surface area (Å²) < 4.78 is 25.5. The number of nitrogens with zero attached hydrogens (tertiary/aromatic N) is 1. The zero-order valence-electron chi connectivity index (χ0n) is 16.0. The van der Waals surface area contributed by atoms with E-state index in [1.807, 2.05) is 18.2 Å². The number of ether oxygens (including phenoxy) is 2. The van der Waals surface area contributed by atoms with Gasteiger partial charge in [0.1, 0.15) is 23.2 Å². The number of allylic oxidation sites excluding steroid dienone is 1. The van der Waals surface area contributed by atoms with Crippen LogP contribution in [0.4, 0.5) is 4.39 Å². The number of hydrogen-bond donors (Lipinski definition) is 1. The van der Waals surface area contributed by atoms with Crippen molar-refractivity contribution < 1.29 is 18.7 Å².